The molecule has 0 radical (unpaired) electrons. The van der Waals surface area contributed by atoms with E-state index >= 15 is 0 Å². The molecular weight excluding hydrogens is 102 g/mol. The number of rotatable bonds is 2. The maximum atomic E-state index is 5.39. The lowest BCUT2D eigenvalue weighted by molar-refractivity contribution is 0.0972. The Hall–Kier alpha value is -0.120. The fourth-order valence-electron chi connectivity index (χ4n) is 1.03. The molecule has 3 nitrogen and oxygen atoms in total. The molecule has 0 unspecified atom stereocenters. The van der Waals surface area contributed by atoms with Crippen molar-refractivity contribution in [1.82, 2.24) is 5.01 Å². The van der Waals surface area contributed by atoms with Gasteiger partial charge in [-0.3, -0.25) is 5.84 Å². The van der Waals surface area contributed by atoms with Gasteiger partial charge in [0, 0.05) is 13.1 Å². The normalized spacial score (nSPS) is 23.2. The van der Waals surface area contributed by atoms with Gasteiger partial charge in [0.05, 0.1) is 0 Å². The predicted octanol–water partition coefficient (Wildman–Crippen LogP) is -0.859. The van der Waals surface area contributed by atoms with Crippen LogP contribution >= 0.6 is 0 Å². The van der Waals surface area contributed by atoms with Crippen molar-refractivity contribution in [3.05, 3.63) is 0 Å². The van der Waals surface area contributed by atoms with Crippen LogP contribution in [0.2, 0.25) is 0 Å². The van der Waals surface area contributed by atoms with Crippen LogP contribution in [0, 0.1) is 5.92 Å². The fraction of sp³-hybridized carbons (Fsp3) is 1.00. The molecule has 4 N–H and O–H groups in total. The molecule has 8 heavy (non-hydrogen) atoms. The molecule has 0 saturated carbocycles. The molecule has 0 atom stereocenters. The monoisotopic (exact) mass is 115 g/mol. The second-order valence-electron chi connectivity index (χ2n) is 2.40. The van der Waals surface area contributed by atoms with Gasteiger partial charge in [-0.25, -0.2) is 5.01 Å². The van der Waals surface area contributed by atoms with Crippen LogP contribution in [-0.2, 0) is 0 Å². The van der Waals surface area contributed by atoms with E-state index in [9.17, 15) is 0 Å². The lowest BCUT2D eigenvalue weighted by Crippen LogP contribution is -2.51. The van der Waals surface area contributed by atoms with Gasteiger partial charge in [0.15, 0.2) is 0 Å². The smallest absolute Gasteiger partial charge is 0.0170 e. The summed E-state index contributed by atoms with van der Waals surface area (Å²) in [7, 11) is 0. The quantitative estimate of drug-likeness (QED) is 0.460. The highest BCUT2D eigenvalue weighted by atomic mass is 15.4. The molecule has 0 aromatic rings. The average molecular weight is 115 g/mol. The van der Waals surface area contributed by atoms with Crippen molar-refractivity contribution in [2.45, 2.75) is 6.42 Å². The van der Waals surface area contributed by atoms with Crippen LogP contribution in [0.4, 0.5) is 0 Å². The maximum absolute atomic E-state index is 5.39. The Morgan fingerprint density at radius 1 is 1.50 bits per heavy atom. The molecule has 1 heterocycles. The number of hydrazine groups is 1. The van der Waals surface area contributed by atoms with E-state index in [0.29, 0.717) is 0 Å². The first kappa shape index (κ1) is 6.01. The summed E-state index contributed by atoms with van der Waals surface area (Å²) in [6.45, 7) is 2.88. The molecular formula is C5H13N3. The van der Waals surface area contributed by atoms with Gasteiger partial charge in [-0.2, -0.15) is 0 Å². The van der Waals surface area contributed by atoms with E-state index in [4.69, 9.17) is 11.6 Å². The molecule has 1 saturated heterocycles. The molecule has 0 spiro atoms. The summed E-state index contributed by atoms with van der Waals surface area (Å²) in [5.41, 5.74) is 5.32. The minimum atomic E-state index is 0.782. The fourth-order valence-corrected chi connectivity index (χ4v) is 1.03. The van der Waals surface area contributed by atoms with E-state index in [1.54, 1.807) is 0 Å². The van der Waals surface area contributed by atoms with Crippen LogP contribution in [0.25, 0.3) is 0 Å². The molecule has 1 aliphatic heterocycles. The van der Waals surface area contributed by atoms with Crippen LogP contribution in [-0.4, -0.2) is 24.6 Å². The summed E-state index contributed by atoms with van der Waals surface area (Å²) >= 11 is 0. The molecule has 0 amide bonds. The largest absolute Gasteiger partial charge is 0.330 e. The number of hydrogen-bond acceptors (Lipinski definition) is 3. The SMILES string of the molecule is NCCC1CN(N)C1. The van der Waals surface area contributed by atoms with Gasteiger partial charge >= 0.3 is 0 Å². The Balaban J connectivity index is 1.98. The van der Waals surface area contributed by atoms with E-state index in [1.807, 2.05) is 5.01 Å². The Kier molecular flexibility index (Phi) is 1.83. The van der Waals surface area contributed by atoms with Crippen LogP contribution in [0.15, 0.2) is 0 Å². The van der Waals surface area contributed by atoms with Crippen molar-refractivity contribution in [2.24, 2.45) is 17.5 Å². The Bertz CT molecular complexity index is 65.3. The summed E-state index contributed by atoms with van der Waals surface area (Å²) in [6, 6.07) is 0. The Morgan fingerprint density at radius 3 is 2.50 bits per heavy atom. The van der Waals surface area contributed by atoms with E-state index in [-0.39, 0.29) is 0 Å². The van der Waals surface area contributed by atoms with E-state index in [1.165, 1.54) is 0 Å². The zero-order valence-electron chi connectivity index (χ0n) is 5.01. The Labute approximate surface area is 49.6 Å². The lowest BCUT2D eigenvalue weighted by Gasteiger charge is -2.35. The highest BCUT2D eigenvalue weighted by molar-refractivity contribution is 4.74. The van der Waals surface area contributed by atoms with E-state index in [0.717, 1.165) is 32.0 Å². The molecule has 48 valence electrons. The highest BCUT2D eigenvalue weighted by Crippen LogP contribution is 2.13. The van der Waals surface area contributed by atoms with Gasteiger partial charge in [0.25, 0.3) is 0 Å². The number of nitrogens with two attached hydrogens (primary N) is 2. The molecule has 0 aromatic heterocycles. The first-order valence-corrected chi connectivity index (χ1v) is 3.02. The molecule has 1 aliphatic rings. The zero-order valence-corrected chi connectivity index (χ0v) is 5.01. The van der Waals surface area contributed by atoms with Gasteiger partial charge < -0.3 is 5.73 Å². The van der Waals surface area contributed by atoms with E-state index < -0.39 is 0 Å². The van der Waals surface area contributed by atoms with Crippen molar-refractivity contribution in [2.75, 3.05) is 19.6 Å². The second-order valence-corrected chi connectivity index (χ2v) is 2.40. The third-order valence-electron chi connectivity index (χ3n) is 1.56. The molecule has 0 aromatic carbocycles. The summed E-state index contributed by atoms with van der Waals surface area (Å²) in [4.78, 5) is 0. The van der Waals surface area contributed by atoms with Crippen LogP contribution in [0.5, 0.6) is 0 Å². The zero-order chi connectivity index (χ0) is 5.98. The van der Waals surface area contributed by atoms with Crippen molar-refractivity contribution < 1.29 is 0 Å². The lowest BCUT2D eigenvalue weighted by atomic mass is 9.99. The minimum Gasteiger partial charge on any atom is -0.330 e. The molecule has 1 fully saturated rings. The van der Waals surface area contributed by atoms with Gasteiger partial charge in [-0.15, -0.1) is 0 Å². The second kappa shape index (κ2) is 2.44. The summed E-state index contributed by atoms with van der Waals surface area (Å²) in [6.07, 6.45) is 1.13. The highest BCUT2D eigenvalue weighted by Gasteiger charge is 2.22. The topological polar surface area (TPSA) is 55.3 Å². The van der Waals surface area contributed by atoms with Gasteiger partial charge in [-0.1, -0.05) is 0 Å². The van der Waals surface area contributed by atoms with Crippen LogP contribution in [0.1, 0.15) is 6.42 Å². The van der Waals surface area contributed by atoms with E-state index in [2.05, 4.69) is 0 Å². The molecule has 1 rings (SSSR count). The van der Waals surface area contributed by atoms with Crippen molar-refractivity contribution in [3.8, 4) is 0 Å². The van der Waals surface area contributed by atoms with Crippen LogP contribution < -0.4 is 11.6 Å². The maximum Gasteiger partial charge on any atom is 0.0170 e. The third-order valence-corrected chi connectivity index (χ3v) is 1.56. The number of hydrogen-bond donors (Lipinski definition) is 2. The first-order valence-electron chi connectivity index (χ1n) is 3.02. The molecule has 0 bridgehead atoms. The summed E-state index contributed by atoms with van der Waals surface area (Å²) in [5.74, 6) is 6.17. The molecule has 3 heteroatoms. The van der Waals surface area contributed by atoms with Crippen molar-refractivity contribution in [3.63, 3.8) is 0 Å². The standard InChI is InChI=1S/C5H13N3/c6-2-1-5-3-8(7)4-5/h5H,1-4,6-7H2. The summed E-state index contributed by atoms with van der Waals surface area (Å²) in [5, 5.41) is 1.82. The van der Waals surface area contributed by atoms with Crippen molar-refractivity contribution >= 4 is 0 Å². The minimum absolute atomic E-state index is 0.782. The predicted molar refractivity (Wildman–Crippen MR) is 32.9 cm³/mol. The van der Waals surface area contributed by atoms with Crippen LogP contribution in [0.3, 0.4) is 0 Å². The first-order chi connectivity index (χ1) is 3.83. The van der Waals surface area contributed by atoms with Crippen molar-refractivity contribution in [1.29, 1.82) is 0 Å². The molecule has 0 aliphatic carbocycles. The summed E-state index contributed by atoms with van der Waals surface area (Å²) < 4.78 is 0. The van der Waals surface area contributed by atoms with Gasteiger partial charge in [0.2, 0.25) is 0 Å². The third kappa shape index (κ3) is 1.18. The van der Waals surface area contributed by atoms with Gasteiger partial charge in [0.1, 0.15) is 0 Å². The average Bonchev–Trinajstić information content (AvgIpc) is 1.64. The van der Waals surface area contributed by atoms with Gasteiger partial charge in [-0.05, 0) is 18.9 Å². The Morgan fingerprint density at radius 2 is 2.12 bits per heavy atom. The number of nitrogens with zero attached hydrogens (tertiary/aromatic N) is 1.